The van der Waals surface area contributed by atoms with Crippen LogP contribution in [0.3, 0.4) is 0 Å². The number of hydrogen-bond donors (Lipinski definition) is 1. The highest BCUT2D eigenvalue weighted by Gasteiger charge is 2.39. The van der Waals surface area contributed by atoms with Crippen molar-refractivity contribution in [3.8, 4) is 49.3 Å². The predicted molar refractivity (Wildman–Crippen MR) is 167 cm³/mol. The normalized spacial score (nSPS) is 16.3. The number of aliphatic carboxylic acids is 1. The Kier molecular flexibility index (Phi) is 6.95. The number of carbonyl (C=O) groups is 1. The second kappa shape index (κ2) is 10.8. The second-order valence-electron chi connectivity index (χ2n) is 11.0. The highest BCUT2D eigenvalue weighted by Crippen LogP contribution is 2.60. The minimum Gasteiger partial charge on any atom is -0.485 e. The van der Waals surface area contributed by atoms with Crippen molar-refractivity contribution in [1.29, 1.82) is 5.26 Å². The second-order valence-corrected chi connectivity index (χ2v) is 13.1. The maximum absolute atomic E-state index is 12.0. The summed E-state index contributed by atoms with van der Waals surface area (Å²) >= 11 is 2.97. The molecule has 220 valence electrons. The van der Waals surface area contributed by atoms with Gasteiger partial charge in [-0.25, -0.2) is 0 Å². The van der Waals surface area contributed by atoms with Crippen molar-refractivity contribution in [1.82, 2.24) is 0 Å². The molecule has 2 aromatic heterocycles. The van der Waals surface area contributed by atoms with Gasteiger partial charge in [0.25, 0.3) is 0 Å². The van der Waals surface area contributed by atoms with Gasteiger partial charge in [-0.3, -0.25) is 4.79 Å². The Labute approximate surface area is 257 Å². The van der Waals surface area contributed by atoms with Gasteiger partial charge >= 0.3 is 5.97 Å². The lowest BCUT2D eigenvalue weighted by atomic mass is 9.88. The first-order chi connectivity index (χ1) is 20.9. The van der Waals surface area contributed by atoms with Gasteiger partial charge in [0.1, 0.15) is 26.4 Å². The number of anilines is 2. The van der Waals surface area contributed by atoms with Crippen LogP contribution in [0.1, 0.15) is 29.9 Å². The molecule has 8 nitrogen and oxygen atoms in total. The number of aryl methyl sites for hydroxylation is 2. The zero-order valence-electron chi connectivity index (χ0n) is 23.9. The zero-order valence-corrected chi connectivity index (χ0v) is 25.5. The van der Waals surface area contributed by atoms with E-state index in [1.54, 1.807) is 11.3 Å². The fourth-order valence-electron chi connectivity index (χ4n) is 5.97. The lowest BCUT2D eigenvalue weighted by molar-refractivity contribution is -0.144. The van der Waals surface area contributed by atoms with Crippen LogP contribution in [0.15, 0.2) is 42.5 Å². The van der Waals surface area contributed by atoms with Gasteiger partial charge in [0, 0.05) is 24.3 Å². The van der Waals surface area contributed by atoms with E-state index < -0.39 is 11.4 Å². The number of para-hydroxylation sites is 1. The van der Waals surface area contributed by atoms with Crippen molar-refractivity contribution in [2.24, 2.45) is 5.41 Å². The fourth-order valence-corrected chi connectivity index (χ4v) is 8.62. The third-order valence-electron chi connectivity index (χ3n) is 8.20. The van der Waals surface area contributed by atoms with E-state index in [1.165, 1.54) is 40.8 Å². The Morgan fingerprint density at radius 2 is 1.49 bits per heavy atom. The van der Waals surface area contributed by atoms with Crippen molar-refractivity contribution in [2.45, 2.75) is 33.1 Å². The number of nitrogens with zero attached hydrogens (tertiary/aromatic N) is 2. The van der Waals surface area contributed by atoms with Gasteiger partial charge in [-0.1, -0.05) is 24.3 Å². The number of thiophene rings is 2. The van der Waals surface area contributed by atoms with E-state index in [0.29, 0.717) is 54.3 Å². The summed E-state index contributed by atoms with van der Waals surface area (Å²) in [4.78, 5) is 17.6. The van der Waals surface area contributed by atoms with Crippen LogP contribution in [0, 0.1) is 16.7 Å². The molecule has 4 aromatic rings. The van der Waals surface area contributed by atoms with E-state index >= 15 is 0 Å². The summed E-state index contributed by atoms with van der Waals surface area (Å²) in [6.45, 7) is 6.10. The van der Waals surface area contributed by atoms with Crippen LogP contribution >= 0.6 is 22.7 Å². The van der Waals surface area contributed by atoms with Gasteiger partial charge in [-0.2, -0.15) is 5.26 Å². The summed E-state index contributed by atoms with van der Waals surface area (Å²) in [5.74, 6) is 1.28. The Balaban J connectivity index is 1.33. The van der Waals surface area contributed by atoms with Crippen LogP contribution in [0.25, 0.3) is 20.2 Å². The Morgan fingerprint density at radius 3 is 2.19 bits per heavy atom. The molecule has 5 heterocycles. The van der Waals surface area contributed by atoms with Gasteiger partial charge in [0.15, 0.2) is 28.4 Å². The number of ether oxygens (including phenoxy) is 4. The minimum absolute atomic E-state index is 0.00805. The molecule has 0 aliphatic carbocycles. The van der Waals surface area contributed by atoms with Gasteiger partial charge < -0.3 is 29.0 Å². The van der Waals surface area contributed by atoms with E-state index in [9.17, 15) is 15.2 Å². The smallest absolute Gasteiger partial charge is 0.324 e. The minimum atomic E-state index is -1.59. The largest absolute Gasteiger partial charge is 0.485 e. The molecule has 0 saturated heterocycles. The third kappa shape index (κ3) is 4.58. The molecule has 0 saturated carbocycles. The maximum atomic E-state index is 12.0. The average Bonchev–Trinajstić information content (AvgIpc) is 3.54. The average molecular weight is 615 g/mol. The topological polar surface area (TPSA) is 101 Å². The van der Waals surface area contributed by atoms with E-state index in [2.05, 4.69) is 54.3 Å². The molecule has 1 unspecified atom stereocenters. The van der Waals surface area contributed by atoms with Crippen LogP contribution in [0.5, 0.6) is 23.0 Å². The molecule has 7 rings (SSSR count). The predicted octanol–water partition coefficient (Wildman–Crippen LogP) is 7.10. The molecule has 1 atom stereocenters. The molecule has 0 bridgehead atoms. The number of carboxylic acid groups (broad SMARTS) is 1. The third-order valence-corrected chi connectivity index (χ3v) is 10.7. The molecule has 0 fully saturated rings. The number of hydrogen-bond acceptors (Lipinski definition) is 9. The quantitative estimate of drug-likeness (QED) is 0.246. The first kappa shape index (κ1) is 27.6. The first-order valence-corrected chi connectivity index (χ1v) is 16.0. The van der Waals surface area contributed by atoms with Crippen molar-refractivity contribution in [3.63, 3.8) is 0 Å². The lowest BCUT2D eigenvalue weighted by Crippen LogP contribution is -2.28. The molecule has 3 aliphatic rings. The van der Waals surface area contributed by atoms with Crippen LogP contribution in [0.4, 0.5) is 11.4 Å². The van der Waals surface area contributed by atoms with Crippen LogP contribution in [-0.2, 0) is 24.1 Å². The van der Waals surface area contributed by atoms with E-state index in [0.717, 1.165) is 39.6 Å². The number of carboxylic acids is 1. The summed E-state index contributed by atoms with van der Waals surface area (Å²) in [5, 5.41) is 19.4. The molecule has 1 N–H and O–H groups in total. The number of rotatable bonds is 6. The molecule has 0 radical (unpaired) electrons. The zero-order chi connectivity index (χ0) is 29.7. The molecule has 0 amide bonds. The Morgan fingerprint density at radius 1 is 0.884 bits per heavy atom. The van der Waals surface area contributed by atoms with E-state index in [-0.39, 0.29) is 6.42 Å². The molecule has 0 spiro atoms. The SMILES string of the molecule is CCN1c2ccccc2CCc2cc(-c3sc(-c4sc(CC(C)(C#N)C(=O)O)c5c4OCCO5)c4c3OCCO4)ccc21. The van der Waals surface area contributed by atoms with E-state index in [1.807, 2.05) is 6.07 Å². The molecule has 2 aromatic carbocycles. The van der Waals surface area contributed by atoms with Crippen molar-refractivity contribution in [2.75, 3.05) is 37.9 Å². The lowest BCUT2D eigenvalue weighted by Gasteiger charge is -2.25. The molecule has 3 aliphatic heterocycles. The molecule has 43 heavy (non-hydrogen) atoms. The number of nitriles is 1. The molecular weight excluding hydrogens is 585 g/mol. The Hall–Kier alpha value is -4.20. The molecular formula is C33H30N2O6S2. The molecule has 10 heteroatoms. The van der Waals surface area contributed by atoms with Gasteiger partial charge in [0.05, 0.1) is 25.6 Å². The fraction of sp³-hybridized carbons (Fsp3) is 0.333. The van der Waals surface area contributed by atoms with E-state index in [4.69, 9.17) is 18.9 Å². The highest BCUT2D eigenvalue weighted by atomic mass is 32.1. The van der Waals surface area contributed by atoms with Gasteiger partial charge in [-0.15, -0.1) is 22.7 Å². The highest BCUT2D eigenvalue weighted by molar-refractivity contribution is 7.25. The van der Waals surface area contributed by atoms with Crippen LogP contribution < -0.4 is 23.8 Å². The number of fused-ring (bicyclic) bond motifs is 4. The summed E-state index contributed by atoms with van der Waals surface area (Å²) in [6.07, 6.45) is 1.91. The monoisotopic (exact) mass is 614 g/mol. The van der Waals surface area contributed by atoms with Crippen molar-refractivity contribution < 1.29 is 28.8 Å². The van der Waals surface area contributed by atoms with Crippen LogP contribution in [0.2, 0.25) is 0 Å². The standard InChI is InChI=1S/C33H30N2O6S2/c1-3-35-22-7-5-4-6-19(22)8-9-20-16-21(10-11-23(20)35)29-27-28(41-15-14-40-27)31(43-29)30-26-25(38-12-13-39-26)24(42-30)17-33(2,18-34)32(36)37/h4-7,10-11,16H,3,8-9,12-15,17H2,1-2H3,(H,36,37). The number of benzene rings is 2. The first-order valence-electron chi connectivity index (χ1n) is 14.4. The summed E-state index contributed by atoms with van der Waals surface area (Å²) in [6, 6.07) is 17.2. The maximum Gasteiger partial charge on any atom is 0.324 e. The van der Waals surface area contributed by atoms with Gasteiger partial charge in [-0.05, 0) is 61.6 Å². The summed E-state index contributed by atoms with van der Waals surface area (Å²) in [7, 11) is 0. The Bertz CT molecular complexity index is 1790. The van der Waals surface area contributed by atoms with Crippen molar-refractivity contribution in [3.05, 3.63) is 58.5 Å². The van der Waals surface area contributed by atoms with Crippen molar-refractivity contribution >= 4 is 40.0 Å². The summed E-state index contributed by atoms with van der Waals surface area (Å²) < 4.78 is 24.6. The van der Waals surface area contributed by atoms with Crippen LogP contribution in [-0.4, -0.2) is 44.0 Å². The summed E-state index contributed by atoms with van der Waals surface area (Å²) in [5.41, 5.74) is 4.59. The van der Waals surface area contributed by atoms with Gasteiger partial charge in [0.2, 0.25) is 0 Å².